The van der Waals surface area contributed by atoms with Crippen molar-refractivity contribution in [2.45, 2.75) is 23.4 Å². The molecule has 4 nitrogen and oxygen atoms in total. The molecule has 0 aliphatic rings. The predicted octanol–water partition coefficient (Wildman–Crippen LogP) is 3.80. The van der Waals surface area contributed by atoms with Crippen molar-refractivity contribution in [2.24, 2.45) is 0 Å². The van der Waals surface area contributed by atoms with Gasteiger partial charge in [-0.2, -0.15) is 13.2 Å². The minimum absolute atomic E-state index is 0.261. The van der Waals surface area contributed by atoms with E-state index in [1.807, 2.05) is 0 Å². The maximum absolute atomic E-state index is 12.9. The highest BCUT2D eigenvalue weighted by Gasteiger charge is 2.33. The largest absolute Gasteiger partial charge is 0.418 e. The van der Waals surface area contributed by atoms with Crippen molar-refractivity contribution in [3.8, 4) is 0 Å². The molecule has 0 aliphatic heterocycles. The van der Waals surface area contributed by atoms with Crippen molar-refractivity contribution in [1.29, 1.82) is 0 Å². The van der Waals surface area contributed by atoms with Gasteiger partial charge in [0.15, 0.2) is 0 Å². The number of anilines is 2. The first-order valence-corrected chi connectivity index (χ1v) is 7.50. The lowest BCUT2D eigenvalue weighted by Crippen LogP contribution is -2.24. The normalized spacial score (nSPS) is 12.7. The number of nitrogens with zero attached hydrogens (tertiary/aromatic N) is 1. The molecule has 0 bridgehead atoms. The first kappa shape index (κ1) is 17.1. The van der Waals surface area contributed by atoms with Gasteiger partial charge in [-0.25, -0.2) is 4.98 Å². The molecule has 2 aromatic rings. The SMILES string of the molecule is CC(Sc1ccc(N)cn1)C(=O)Nc1ccccc1C(F)(F)F. The number of carbonyl (C=O) groups is 1. The fourth-order valence-corrected chi connectivity index (χ4v) is 2.56. The van der Waals surface area contributed by atoms with Crippen LogP contribution in [0, 0.1) is 0 Å². The fraction of sp³-hybridized carbons (Fsp3) is 0.200. The smallest absolute Gasteiger partial charge is 0.397 e. The number of carbonyl (C=O) groups excluding carboxylic acids is 1. The van der Waals surface area contributed by atoms with Gasteiger partial charge in [-0.05, 0) is 31.2 Å². The van der Waals surface area contributed by atoms with E-state index in [1.54, 1.807) is 19.1 Å². The minimum Gasteiger partial charge on any atom is -0.397 e. The summed E-state index contributed by atoms with van der Waals surface area (Å²) in [7, 11) is 0. The molecule has 0 spiro atoms. The van der Waals surface area contributed by atoms with Crippen LogP contribution in [-0.4, -0.2) is 16.1 Å². The number of thioether (sulfide) groups is 1. The second-order valence-electron chi connectivity index (χ2n) is 4.72. The third kappa shape index (κ3) is 4.62. The predicted molar refractivity (Wildman–Crippen MR) is 84.0 cm³/mol. The highest BCUT2D eigenvalue weighted by atomic mass is 32.2. The Labute approximate surface area is 135 Å². The summed E-state index contributed by atoms with van der Waals surface area (Å²) in [6.07, 6.45) is -3.08. The minimum atomic E-state index is -4.53. The van der Waals surface area contributed by atoms with Crippen LogP contribution in [0.3, 0.4) is 0 Å². The van der Waals surface area contributed by atoms with E-state index < -0.39 is 22.9 Å². The number of nitrogen functional groups attached to an aromatic ring is 1. The summed E-state index contributed by atoms with van der Waals surface area (Å²) >= 11 is 1.13. The van der Waals surface area contributed by atoms with Crippen LogP contribution in [0.1, 0.15) is 12.5 Å². The van der Waals surface area contributed by atoms with Gasteiger partial charge in [0, 0.05) is 0 Å². The summed E-state index contributed by atoms with van der Waals surface area (Å²) in [5.74, 6) is -0.537. The van der Waals surface area contributed by atoms with E-state index in [2.05, 4.69) is 10.3 Å². The van der Waals surface area contributed by atoms with Gasteiger partial charge in [0.2, 0.25) is 5.91 Å². The van der Waals surface area contributed by atoms with E-state index in [0.29, 0.717) is 10.7 Å². The number of benzene rings is 1. The molecule has 1 aromatic heterocycles. The fourth-order valence-electron chi connectivity index (χ4n) is 1.77. The van der Waals surface area contributed by atoms with Crippen LogP contribution in [-0.2, 0) is 11.0 Å². The Morgan fingerprint density at radius 3 is 2.57 bits per heavy atom. The summed E-state index contributed by atoms with van der Waals surface area (Å²) in [5, 5.41) is 2.26. The molecular formula is C15H14F3N3OS. The molecule has 1 atom stereocenters. The first-order chi connectivity index (χ1) is 10.8. The van der Waals surface area contributed by atoms with Crippen LogP contribution in [0.2, 0.25) is 0 Å². The number of alkyl halides is 3. The van der Waals surface area contributed by atoms with Crippen molar-refractivity contribution in [3.63, 3.8) is 0 Å². The van der Waals surface area contributed by atoms with Gasteiger partial charge in [-0.3, -0.25) is 4.79 Å². The molecule has 3 N–H and O–H groups in total. The number of hydrogen-bond donors (Lipinski definition) is 2. The van der Waals surface area contributed by atoms with Crippen molar-refractivity contribution in [2.75, 3.05) is 11.1 Å². The van der Waals surface area contributed by atoms with E-state index in [-0.39, 0.29) is 5.69 Å². The van der Waals surface area contributed by atoms with E-state index in [1.165, 1.54) is 24.4 Å². The first-order valence-electron chi connectivity index (χ1n) is 6.62. The summed E-state index contributed by atoms with van der Waals surface area (Å²) < 4.78 is 38.7. The van der Waals surface area contributed by atoms with Gasteiger partial charge in [0.1, 0.15) is 0 Å². The lowest BCUT2D eigenvalue weighted by molar-refractivity contribution is -0.137. The van der Waals surface area contributed by atoms with Crippen LogP contribution in [0.4, 0.5) is 24.5 Å². The Morgan fingerprint density at radius 2 is 1.96 bits per heavy atom. The van der Waals surface area contributed by atoms with Crippen LogP contribution in [0.15, 0.2) is 47.6 Å². The Hall–Kier alpha value is -2.22. The average molecular weight is 341 g/mol. The number of hydrogen-bond acceptors (Lipinski definition) is 4. The highest BCUT2D eigenvalue weighted by Crippen LogP contribution is 2.35. The molecule has 1 amide bonds. The molecule has 0 radical (unpaired) electrons. The lowest BCUT2D eigenvalue weighted by Gasteiger charge is -2.16. The summed E-state index contributed by atoms with van der Waals surface area (Å²) in [5.41, 5.74) is 4.87. The maximum atomic E-state index is 12.9. The number of halogens is 3. The molecular weight excluding hydrogens is 327 g/mol. The molecule has 0 saturated heterocycles. The topological polar surface area (TPSA) is 68.0 Å². The quantitative estimate of drug-likeness (QED) is 0.830. The van der Waals surface area contributed by atoms with Crippen molar-refractivity contribution >= 4 is 29.0 Å². The molecule has 1 unspecified atom stereocenters. The molecule has 1 heterocycles. The average Bonchev–Trinajstić information content (AvgIpc) is 2.49. The van der Waals surface area contributed by atoms with Crippen molar-refractivity contribution in [3.05, 3.63) is 48.2 Å². The number of nitrogens with one attached hydrogen (secondary N) is 1. The van der Waals surface area contributed by atoms with Gasteiger partial charge in [-0.15, -0.1) is 0 Å². The van der Waals surface area contributed by atoms with Gasteiger partial charge in [0.25, 0.3) is 0 Å². The van der Waals surface area contributed by atoms with Gasteiger partial charge >= 0.3 is 6.18 Å². The summed E-state index contributed by atoms with van der Waals surface area (Å²) in [6, 6.07) is 8.14. The zero-order chi connectivity index (χ0) is 17.0. The number of amides is 1. The summed E-state index contributed by atoms with van der Waals surface area (Å²) in [4.78, 5) is 16.2. The van der Waals surface area contributed by atoms with Crippen molar-refractivity contribution < 1.29 is 18.0 Å². The van der Waals surface area contributed by atoms with E-state index in [0.717, 1.165) is 17.8 Å². The van der Waals surface area contributed by atoms with E-state index in [9.17, 15) is 18.0 Å². The number of para-hydroxylation sites is 1. The number of nitrogens with two attached hydrogens (primary N) is 1. The van der Waals surface area contributed by atoms with Crippen LogP contribution >= 0.6 is 11.8 Å². The second kappa shape index (κ2) is 6.91. The number of rotatable bonds is 4. The van der Waals surface area contributed by atoms with Gasteiger partial charge in [-0.1, -0.05) is 23.9 Å². The molecule has 8 heteroatoms. The Kier molecular flexibility index (Phi) is 5.15. The van der Waals surface area contributed by atoms with E-state index >= 15 is 0 Å². The van der Waals surface area contributed by atoms with Crippen LogP contribution < -0.4 is 11.1 Å². The molecule has 0 saturated carbocycles. The maximum Gasteiger partial charge on any atom is 0.418 e. The molecule has 122 valence electrons. The van der Waals surface area contributed by atoms with Crippen LogP contribution in [0.5, 0.6) is 0 Å². The lowest BCUT2D eigenvalue weighted by atomic mass is 10.1. The van der Waals surface area contributed by atoms with Crippen molar-refractivity contribution in [1.82, 2.24) is 4.98 Å². The standard InChI is InChI=1S/C15H14F3N3OS/c1-9(23-13-7-6-10(19)8-20-13)14(22)21-12-5-3-2-4-11(12)15(16,17)18/h2-9H,19H2,1H3,(H,21,22). The monoisotopic (exact) mass is 341 g/mol. The number of aromatic nitrogens is 1. The molecule has 0 fully saturated rings. The Balaban J connectivity index is 2.08. The zero-order valence-corrected chi connectivity index (χ0v) is 12.9. The summed E-state index contributed by atoms with van der Waals surface area (Å²) in [6.45, 7) is 1.59. The molecule has 1 aromatic carbocycles. The molecule has 23 heavy (non-hydrogen) atoms. The third-order valence-electron chi connectivity index (χ3n) is 2.92. The number of pyridine rings is 1. The second-order valence-corrected chi connectivity index (χ2v) is 6.08. The Bertz CT molecular complexity index is 689. The Morgan fingerprint density at radius 1 is 1.26 bits per heavy atom. The van der Waals surface area contributed by atoms with Gasteiger partial charge < -0.3 is 11.1 Å². The van der Waals surface area contributed by atoms with E-state index in [4.69, 9.17) is 5.73 Å². The molecule has 2 rings (SSSR count). The third-order valence-corrected chi connectivity index (χ3v) is 3.97. The molecule has 0 aliphatic carbocycles. The van der Waals surface area contributed by atoms with Crippen LogP contribution in [0.25, 0.3) is 0 Å². The highest BCUT2D eigenvalue weighted by molar-refractivity contribution is 8.00. The zero-order valence-electron chi connectivity index (χ0n) is 12.1. The van der Waals surface area contributed by atoms with Gasteiger partial charge in [0.05, 0.1) is 33.4 Å².